The lowest BCUT2D eigenvalue weighted by atomic mass is 10.1. The number of aromatic nitrogens is 2. The summed E-state index contributed by atoms with van der Waals surface area (Å²) >= 11 is 0. The van der Waals surface area contributed by atoms with Gasteiger partial charge in [0.05, 0.1) is 19.9 Å². The first-order valence-electron chi connectivity index (χ1n) is 6.55. The first-order valence-corrected chi connectivity index (χ1v) is 6.55. The van der Waals surface area contributed by atoms with E-state index in [0.717, 1.165) is 11.3 Å². The Hall–Kier alpha value is -2.30. The van der Waals surface area contributed by atoms with Gasteiger partial charge in [-0.05, 0) is 24.6 Å². The van der Waals surface area contributed by atoms with Crippen LogP contribution in [0.1, 0.15) is 12.5 Å². The highest BCUT2D eigenvalue weighted by molar-refractivity contribution is 5.78. The Morgan fingerprint density at radius 3 is 3.05 bits per heavy atom. The summed E-state index contributed by atoms with van der Waals surface area (Å²) in [6.45, 7) is 2.69. The molecule has 20 heavy (non-hydrogen) atoms. The highest BCUT2D eigenvalue weighted by Gasteiger charge is 2.09. The fourth-order valence-corrected chi connectivity index (χ4v) is 2.05. The number of nitrogens with one attached hydrogen (secondary N) is 1. The van der Waals surface area contributed by atoms with Gasteiger partial charge in [0.1, 0.15) is 5.75 Å². The predicted molar refractivity (Wildman–Crippen MR) is 76.5 cm³/mol. The monoisotopic (exact) mass is 273 g/mol. The van der Waals surface area contributed by atoms with Crippen molar-refractivity contribution in [1.29, 1.82) is 0 Å². The summed E-state index contributed by atoms with van der Waals surface area (Å²) < 4.78 is 7.09. The fourth-order valence-electron chi connectivity index (χ4n) is 2.05. The molecule has 0 bridgehead atoms. The molecule has 5 nitrogen and oxygen atoms in total. The maximum atomic E-state index is 12.0. The lowest BCUT2D eigenvalue weighted by Gasteiger charge is -2.14. The standard InChI is InChI=1S/C15H19N3O2/c1-12(10-18-7-6-16-11-18)17-15(19)9-13-4-3-5-14(8-13)20-2/h3-8,11-12H,9-10H2,1-2H3,(H,17,19). The molecule has 1 atom stereocenters. The number of carbonyl (C=O) groups is 1. The number of imidazole rings is 1. The summed E-state index contributed by atoms with van der Waals surface area (Å²) in [6, 6.07) is 7.60. The molecule has 2 aromatic rings. The van der Waals surface area contributed by atoms with Gasteiger partial charge < -0.3 is 14.6 Å². The third-order valence-electron chi connectivity index (χ3n) is 2.95. The maximum absolute atomic E-state index is 12.0. The van der Waals surface area contributed by atoms with Crippen LogP contribution in [0.3, 0.4) is 0 Å². The van der Waals surface area contributed by atoms with Crippen molar-refractivity contribution in [1.82, 2.24) is 14.9 Å². The summed E-state index contributed by atoms with van der Waals surface area (Å²) in [5.74, 6) is 0.771. The molecule has 1 amide bonds. The van der Waals surface area contributed by atoms with E-state index in [2.05, 4.69) is 10.3 Å². The van der Waals surface area contributed by atoms with Crippen LogP contribution in [-0.4, -0.2) is 28.6 Å². The third kappa shape index (κ3) is 4.12. The lowest BCUT2D eigenvalue weighted by molar-refractivity contribution is -0.121. The van der Waals surface area contributed by atoms with E-state index in [9.17, 15) is 4.79 Å². The van der Waals surface area contributed by atoms with E-state index in [1.54, 1.807) is 19.6 Å². The van der Waals surface area contributed by atoms with Gasteiger partial charge in [-0.1, -0.05) is 12.1 Å². The average Bonchev–Trinajstić information content (AvgIpc) is 2.91. The van der Waals surface area contributed by atoms with Gasteiger partial charge in [-0.3, -0.25) is 4.79 Å². The van der Waals surface area contributed by atoms with E-state index in [4.69, 9.17) is 4.74 Å². The maximum Gasteiger partial charge on any atom is 0.224 e. The van der Waals surface area contributed by atoms with Crippen molar-refractivity contribution in [3.8, 4) is 5.75 Å². The van der Waals surface area contributed by atoms with Crippen LogP contribution in [0.4, 0.5) is 0 Å². The second-order valence-corrected chi connectivity index (χ2v) is 4.76. The number of benzene rings is 1. The van der Waals surface area contributed by atoms with Gasteiger partial charge in [-0.2, -0.15) is 0 Å². The Bertz CT molecular complexity index is 552. The van der Waals surface area contributed by atoms with E-state index in [0.29, 0.717) is 13.0 Å². The minimum atomic E-state index is 0.00543. The number of methoxy groups -OCH3 is 1. The number of hydrogen-bond donors (Lipinski definition) is 1. The summed E-state index contributed by atoms with van der Waals surface area (Å²) in [5.41, 5.74) is 0.941. The van der Waals surface area contributed by atoms with Crippen LogP contribution in [0.15, 0.2) is 43.0 Å². The Kier molecular flexibility index (Phi) is 4.76. The molecule has 106 valence electrons. The summed E-state index contributed by atoms with van der Waals surface area (Å²) in [5, 5.41) is 2.98. The van der Waals surface area contributed by atoms with Crippen LogP contribution < -0.4 is 10.1 Å². The van der Waals surface area contributed by atoms with E-state index >= 15 is 0 Å². The highest BCUT2D eigenvalue weighted by atomic mass is 16.5. The first kappa shape index (κ1) is 14.1. The van der Waals surface area contributed by atoms with Crippen molar-refractivity contribution < 1.29 is 9.53 Å². The molecule has 0 aliphatic rings. The number of ether oxygens (including phenoxy) is 1. The zero-order valence-corrected chi connectivity index (χ0v) is 11.7. The molecule has 1 N–H and O–H groups in total. The van der Waals surface area contributed by atoms with Crippen LogP contribution in [0, 0.1) is 0 Å². The topological polar surface area (TPSA) is 56.1 Å². The zero-order valence-electron chi connectivity index (χ0n) is 11.7. The fraction of sp³-hybridized carbons (Fsp3) is 0.333. The Morgan fingerprint density at radius 2 is 2.35 bits per heavy atom. The largest absolute Gasteiger partial charge is 0.497 e. The Balaban J connectivity index is 1.85. The van der Waals surface area contributed by atoms with Crippen LogP contribution in [0.25, 0.3) is 0 Å². The smallest absolute Gasteiger partial charge is 0.224 e. The van der Waals surface area contributed by atoms with E-state index in [-0.39, 0.29) is 11.9 Å². The normalized spacial score (nSPS) is 11.9. The molecule has 0 aliphatic carbocycles. The number of hydrogen-bond acceptors (Lipinski definition) is 3. The van der Waals surface area contributed by atoms with Crippen LogP contribution >= 0.6 is 0 Å². The molecule has 1 aromatic heterocycles. The van der Waals surface area contributed by atoms with E-state index in [1.807, 2.05) is 42.0 Å². The van der Waals surface area contributed by atoms with Crippen molar-refractivity contribution >= 4 is 5.91 Å². The molecule has 0 saturated carbocycles. The molecule has 0 fully saturated rings. The summed E-state index contributed by atoms with van der Waals surface area (Å²) in [7, 11) is 1.62. The van der Waals surface area contributed by atoms with Crippen molar-refractivity contribution in [3.05, 3.63) is 48.5 Å². The van der Waals surface area contributed by atoms with Crippen LogP contribution in [0.5, 0.6) is 5.75 Å². The predicted octanol–water partition coefficient (Wildman–Crippen LogP) is 1.64. The van der Waals surface area contributed by atoms with E-state index < -0.39 is 0 Å². The van der Waals surface area contributed by atoms with Crippen molar-refractivity contribution in [2.75, 3.05) is 7.11 Å². The number of rotatable bonds is 6. The average molecular weight is 273 g/mol. The van der Waals surface area contributed by atoms with E-state index in [1.165, 1.54) is 0 Å². The summed E-state index contributed by atoms with van der Waals surface area (Å²) in [6.07, 6.45) is 5.70. The summed E-state index contributed by atoms with van der Waals surface area (Å²) in [4.78, 5) is 16.0. The van der Waals surface area contributed by atoms with Gasteiger partial charge in [0, 0.05) is 25.0 Å². The molecule has 0 radical (unpaired) electrons. The quantitative estimate of drug-likeness (QED) is 0.870. The molecule has 1 aromatic carbocycles. The second kappa shape index (κ2) is 6.75. The van der Waals surface area contributed by atoms with Crippen molar-refractivity contribution in [3.63, 3.8) is 0 Å². The van der Waals surface area contributed by atoms with Crippen molar-refractivity contribution in [2.24, 2.45) is 0 Å². The molecular weight excluding hydrogens is 254 g/mol. The van der Waals surface area contributed by atoms with Crippen molar-refractivity contribution in [2.45, 2.75) is 25.9 Å². The first-order chi connectivity index (χ1) is 9.67. The SMILES string of the molecule is COc1cccc(CC(=O)NC(C)Cn2ccnc2)c1. The molecule has 2 rings (SSSR count). The van der Waals surface area contributed by atoms with Gasteiger partial charge in [0.2, 0.25) is 5.91 Å². The Labute approximate surface area is 118 Å². The Morgan fingerprint density at radius 1 is 1.50 bits per heavy atom. The minimum absolute atomic E-state index is 0.00543. The second-order valence-electron chi connectivity index (χ2n) is 4.76. The number of carbonyl (C=O) groups excluding carboxylic acids is 1. The van der Waals surface area contributed by atoms with Gasteiger partial charge in [-0.25, -0.2) is 4.98 Å². The molecule has 0 saturated heterocycles. The number of amides is 1. The third-order valence-corrected chi connectivity index (χ3v) is 2.95. The molecule has 0 spiro atoms. The van der Waals surface area contributed by atoms with Crippen LogP contribution in [-0.2, 0) is 17.8 Å². The minimum Gasteiger partial charge on any atom is -0.497 e. The van der Waals surface area contributed by atoms with Gasteiger partial charge >= 0.3 is 0 Å². The van der Waals surface area contributed by atoms with Crippen LogP contribution in [0.2, 0.25) is 0 Å². The molecule has 1 unspecified atom stereocenters. The zero-order chi connectivity index (χ0) is 14.4. The molecular formula is C15H19N3O2. The molecule has 1 heterocycles. The van der Waals surface area contributed by atoms with Gasteiger partial charge in [0.15, 0.2) is 0 Å². The number of nitrogens with zero attached hydrogens (tertiary/aromatic N) is 2. The highest BCUT2D eigenvalue weighted by Crippen LogP contribution is 2.12. The van der Waals surface area contributed by atoms with Gasteiger partial charge in [0.25, 0.3) is 0 Å². The van der Waals surface area contributed by atoms with Gasteiger partial charge in [-0.15, -0.1) is 0 Å². The lowest BCUT2D eigenvalue weighted by Crippen LogP contribution is -2.36. The molecule has 5 heteroatoms. The molecule has 0 aliphatic heterocycles.